The summed E-state index contributed by atoms with van der Waals surface area (Å²) in [5, 5.41) is 17.4. The van der Waals surface area contributed by atoms with Crippen LogP contribution < -0.4 is 15.6 Å². The first-order valence-corrected chi connectivity index (χ1v) is 6.88. The molecule has 1 aliphatic carbocycles. The molecule has 6 heteroatoms. The molecule has 21 heavy (non-hydrogen) atoms. The molecule has 0 spiro atoms. The molecule has 0 aliphatic heterocycles. The van der Waals surface area contributed by atoms with Gasteiger partial charge in [0.15, 0.2) is 0 Å². The predicted molar refractivity (Wildman–Crippen MR) is 77.9 cm³/mol. The SMILES string of the molecule is COc1ccccc1-n1nc(CNC2CC2)c(O)cc1=O. The Morgan fingerprint density at radius 2 is 2.19 bits per heavy atom. The molecule has 0 bridgehead atoms. The zero-order valence-electron chi connectivity index (χ0n) is 11.7. The summed E-state index contributed by atoms with van der Waals surface area (Å²) >= 11 is 0. The molecular weight excluding hydrogens is 270 g/mol. The van der Waals surface area contributed by atoms with Crippen LogP contribution in [0.3, 0.4) is 0 Å². The summed E-state index contributed by atoms with van der Waals surface area (Å²) in [4.78, 5) is 12.1. The van der Waals surface area contributed by atoms with E-state index in [4.69, 9.17) is 4.74 Å². The van der Waals surface area contributed by atoms with Crippen molar-refractivity contribution in [2.45, 2.75) is 25.4 Å². The van der Waals surface area contributed by atoms with E-state index in [1.807, 2.05) is 6.07 Å². The molecule has 1 aromatic heterocycles. The third-order valence-electron chi connectivity index (χ3n) is 3.43. The summed E-state index contributed by atoms with van der Waals surface area (Å²) in [5.41, 5.74) is 0.609. The van der Waals surface area contributed by atoms with E-state index in [-0.39, 0.29) is 5.75 Å². The molecule has 1 aliphatic rings. The Morgan fingerprint density at radius 3 is 2.90 bits per heavy atom. The van der Waals surface area contributed by atoms with Crippen LogP contribution in [0.5, 0.6) is 11.5 Å². The minimum absolute atomic E-state index is 0.0840. The van der Waals surface area contributed by atoms with Crippen LogP contribution in [0.2, 0.25) is 0 Å². The maximum absolute atomic E-state index is 12.1. The first-order valence-electron chi connectivity index (χ1n) is 6.88. The van der Waals surface area contributed by atoms with Crippen molar-refractivity contribution in [3.63, 3.8) is 0 Å². The zero-order valence-corrected chi connectivity index (χ0v) is 11.7. The molecule has 1 fully saturated rings. The van der Waals surface area contributed by atoms with Crippen LogP contribution >= 0.6 is 0 Å². The van der Waals surface area contributed by atoms with Crippen molar-refractivity contribution < 1.29 is 9.84 Å². The zero-order chi connectivity index (χ0) is 14.8. The summed E-state index contributed by atoms with van der Waals surface area (Å²) in [7, 11) is 1.54. The molecular formula is C15H17N3O3. The number of rotatable bonds is 5. The number of methoxy groups -OCH3 is 1. The van der Waals surface area contributed by atoms with Gasteiger partial charge in [-0.15, -0.1) is 0 Å². The quantitative estimate of drug-likeness (QED) is 0.864. The molecule has 1 aromatic carbocycles. The van der Waals surface area contributed by atoms with E-state index in [9.17, 15) is 9.90 Å². The second kappa shape index (κ2) is 5.57. The third kappa shape index (κ3) is 2.90. The lowest BCUT2D eigenvalue weighted by molar-refractivity contribution is 0.409. The van der Waals surface area contributed by atoms with Crippen molar-refractivity contribution in [2.75, 3.05) is 7.11 Å². The number of para-hydroxylation sites is 2. The third-order valence-corrected chi connectivity index (χ3v) is 3.43. The van der Waals surface area contributed by atoms with Gasteiger partial charge in [0.1, 0.15) is 22.9 Å². The average molecular weight is 287 g/mol. The van der Waals surface area contributed by atoms with Crippen LogP contribution in [0.1, 0.15) is 18.5 Å². The van der Waals surface area contributed by atoms with E-state index in [0.717, 1.165) is 12.8 Å². The lowest BCUT2D eigenvalue weighted by Gasteiger charge is -2.12. The van der Waals surface area contributed by atoms with E-state index in [2.05, 4.69) is 10.4 Å². The van der Waals surface area contributed by atoms with Crippen LogP contribution in [0.15, 0.2) is 35.1 Å². The van der Waals surface area contributed by atoms with Crippen LogP contribution in [0.4, 0.5) is 0 Å². The highest BCUT2D eigenvalue weighted by Crippen LogP contribution is 2.22. The molecule has 2 N–H and O–H groups in total. The lowest BCUT2D eigenvalue weighted by atomic mass is 10.3. The minimum Gasteiger partial charge on any atom is -0.506 e. The van der Waals surface area contributed by atoms with E-state index in [1.54, 1.807) is 25.3 Å². The monoisotopic (exact) mass is 287 g/mol. The minimum atomic E-state index is -0.396. The number of aromatic nitrogens is 2. The Bertz CT molecular complexity index is 708. The van der Waals surface area contributed by atoms with Gasteiger partial charge in [0.2, 0.25) is 0 Å². The van der Waals surface area contributed by atoms with Gasteiger partial charge in [0.25, 0.3) is 5.56 Å². The second-order valence-corrected chi connectivity index (χ2v) is 5.05. The van der Waals surface area contributed by atoms with Crippen LogP contribution in [-0.2, 0) is 6.54 Å². The first kappa shape index (κ1) is 13.6. The Kier molecular flexibility index (Phi) is 3.62. The molecule has 0 unspecified atom stereocenters. The normalized spacial score (nSPS) is 14.1. The highest BCUT2D eigenvalue weighted by Gasteiger charge is 2.21. The Morgan fingerprint density at radius 1 is 1.43 bits per heavy atom. The van der Waals surface area contributed by atoms with Gasteiger partial charge in [-0.2, -0.15) is 9.78 Å². The standard InChI is InChI=1S/C15H17N3O3/c1-21-14-5-3-2-4-12(14)18-15(20)8-13(19)11(17-18)9-16-10-6-7-10/h2-5,8,10,16,19H,6-7,9H2,1H3. The largest absolute Gasteiger partial charge is 0.506 e. The highest BCUT2D eigenvalue weighted by molar-refractivity contribution is 5.46. The predicted octanol–water partition coefficient (Wildman–Crippen LogP) is 1.20. The van der Waals surface area contributed by atoms with E-state index >= 15 is 0 Å². The highest BCUT2D eigenvalue weighted by atomic mass is 16.5. The van der Waals surface area contributed by atoms with Gasteiger partial charge in [-0.25, -0.2) is 0 Å². The van der Waals surface area contributed by atoms with E-state index in [1.165, 1.54) is 10.7 Å². The van der Waals surface area contributed by atoms with Crippen molar-refractivity contribution in [3.8, 4) is 17.2 Å². The van der Waals surface area contributed by atoms with Gasteiger partial charge in [-0.1, -0.05) is 12.1 Å². The fraction of sp³-hybridized carbons (Fsp3) is 0.333. The van der Waals surface area contributed by atoms with E-state index in [0.29, 0.717) is 29.7 Å². The van der Waals surface area contributed by atoms with Gasteiger partial charge in [0.05, 0.1) is 7.11 Å². The summed E-state index contributed by atoms with van der Waals surface area (Å²) in [5.74, 6) is 0.471. The van der Waals surface area contributed by atoms with Crippen LogP contribution in [0, 0.1) is 0 Å². The number of aromatic hydroxyl groups is 1. The molecule has 1 heterocycles. The summed E-state index contributed by atoms with van der Waals surface area (Å²) in [6.07, 6.45) is 2.29. The fourth-order valence-electron chi connectivity index (χ4n) is 2.11. The Labute approximate surface area is 122 Å². The molecule has 110 valence electrons. The summed E-state index contributed by atoms with van der Waals surface area (Å²) in [6.45, 7) is 0.436. The molecule has 0 atom stereocenters. The van der Waals surface area contributed by atoms with Crippen molar-refractivity contribution in [1.82, 2.24) is 15.1 Å². The average Bonchev–Trinajstić information content (AvgIpc) is 3.31. The number of nitrogens with zero attached hydrogens (tertiary/aromatic N) is 2. The summed E-state index contributed by atoms with van der Waals surface area (Å²) < 4.78 is 6.51. The number of benzene rings is 1. The Hall–Kier alpha value is -2.34. The second-order valence-electron chi connectivity index (χ2n) is 5.05. The fourth-order valence-corrected chi connectivity index (χ4v) is 2.11. The molecule has 0 radical (unpaired) electrons. The van der Waals surface area contributed by atoms with Crippen molar-refractivity contribution in [1.29, 1.82) is 0 Å². The topological polar surface area (TPSA) is 76.4 Å². The molecule has 2 aromatic rings. The number of hydrogen-bond acceptors (Lipinski definition) is 5. The van der Waals surface area contributed by atoms with Gasteiger partial charge in [-0.3, -0.25) is 4.79 Å². The number of ether oxygens (including phenoxy) is 1. The molecule has 0 saturated heterocycles. The van der Waals surface area contributed by atoms with Gasteiger partial charge in [-0.05, 0) is 25.0 Å². The molecule has 0 amide bonds. The molecule has 6 nitrogen and oxygen atoms in total. The Balaban J connectivity index is 2.00. The summed E-state index contributed by atoms with van der Waals surface area (Å²) in [6, 6.07) is 8.83. The smallest absolute Gasteiger partial charge is 0.275 e. The number of hydrogen-bond donors (Lipinski definition) is 2. The van der Waals surface area contributed by atoms with Gasteiger partial charge >= 0.3 is 0 Å². The molecule has 1 saturated carbocycles. The number of nitrogens with one attached hydrogen (secondary N) is 1. The van der Waals surface area contributed by atoms with E-state index < -0.39 is 5.56 Å². The lowest BCUT2D eigenvalue weighted by Crippen LogP contribution is -2.25. The van der Waals surface area contributed by atoms with Crippen LogP contribution in [-0.4, -0.2) is 28.0 Å². The maximum atomic E-state index is 12.1. The van der Waals surface area contributed by atoms with Crippen molar-refractivity contribution in [3.05, 3.63) is 46.4 Å². The maximum Gasteiger partial charge on any atom is 0.275 e. The van der Waals surface area contributed by atoms with Crippen LogP contribution in [0.25, 0.3) is 5.69 Å². The molecule has 3 rings (SSSR count). The van der Waals surface area contributed by atoms with Crippen molar-refractivity contribution >= 4 is 0 Å². The van der Waals surface area contributed by atoms with Crippen molar-refractivity contribution in [2.24, 2.45) is 0 Å². The first-order chi connectivity index (χ1) is 10.2. The van der Waals surface area contributed by atoms with Gasteiger partial charge in [0, 0.05) is 18.7 Å². The van der Waals surface area contributed by atoms with Gasteiger partial charge < -0.3 is 15.2 Å².